The van der Waals surface area contributed by atoms with Gasteiger partial charge in [-0.25, -0.2) is 17.5 Å². The van der Waals surface area contributed by atoms with Crippen LogP contribution >= 0.6 is 0 Å². The molecule has 3 rings (SSSR count). The zero-order valence-electron chi connectivity index (χ0n) is 16.0. The largest absolute Gasteiger partial charge is 0.394 e. The van der Waals surface area contributed by atoms with E-state index < -0.39 is 40.2 Å². The summed E-state index contributed by atoms with van der Waals surface area (Å²) in [6.07, 6.45) is -2.46. The first-order chi connectivity index (χ1) is 13.8. The number of ether oxygens (including phenoxy) is 1. The van der Waals surface area contributed by atoms with Crippen LogP contribution in [-0.4, -0.2) is 68.1 Å². The Morgan fingerprint density at radius 2 is 1.76 bits per heavy atom. The van der Waals surface area contributed by atoms with Crippen molar-refractivity contribution < 1.29 is 27.8 Å². The summed E-state index contributed by atoms with van der Waals surface area (Å²) in [5.41, 5.74) is 1.03. The molecule has 0 saturated carbocycles. The first kappa shape index (κ1) is 21.8. The smallest absolute Gasteiger partial charge is 0.240 e. The topological polar surface area (TPSA) is 99.1 Å². The fourth-order valence-electron chi connectivity index (χ4n) is 3.56. The molecule has 0 spiro atoms. The van der Waals surface area contributed by atoms with Crippen molar-refractivity contribution in [3.05, 3.63) is 66.0 Å². The van der Waals surface area contributed by atoms with Gasteiger partial charge in [0.25, 0.3) is 0 Å². The molecule has 29 heavy (non-hydrogen) atoms. The molecule has 2 aromatic carbocycles. The quantitative estimate of drug-likeness (QED) is 0.578. The number of nitrogens with one attached hydrogen (secondary N) is 1. The van der Waals surface area contributed by atoms with E-state index in [9.17, 15) is 23.0 Å². The molecule has 7 nitrogen and oxygen atoms in total. The van der Waals surface area contributed by atoms with E-state index in [1.54, 1.807) is 0 Å². The summed E-state index contributed by atoms with van der Waals surface area (Å²) >= 11 is 0. The van der Waals surface area contributed by atoms with Crippen molar-refractivity contribution in [2.45, 2.75) is 35.8 Å². The lowest BCUT2D eigenvalue weighted by Crippen LogP contribution is -2.49. The molecular weight excluding hydrogens is 399 g/mol. The van der Waals surface area contributed by atoms with Crippen LogP contribution in [0.15, 0.2) is 59.5 Å². The van der Waals surface area contributed by atoms with Gasteiger partial charge < -0.3 is 14.9 Å². The Labute approximate surface area is 169 Å². The van der Waals surface area contributed by atoms with Gasteiger partial charge in [-0.1, -0.05) is 30.3 Å². The highest BCUT2D eigenvalue weighted by Gasteiger charge is 2.45. The molecule has 0 radical (unpaired) electrons. The fraction of sp³-hybridized carbons (Fsp3) is 0.400. The second-order valence-electron chi connectivity index (χ2n) is 7.08. The van der Waals surface area contributed by atoms with Crippen molar-refractivity contribution >= 4 is 10.0 Å². The van der Waals surface area contributed by atoms with Crippen molar-refractivity contribution in [1.82, 2.24) is 9.62 Å². The van der Waals surface area contributed by atoms with Crippen molar-refractivity contribution in [2.24, 2.45) is 0 Å². The molecule has 1 fully saturated rings. The number of aliphatic hydroxyl groups excluding tert-OH is 2. The van der Waals surface area contributed by atoms with E-state index in [0.29, 0.717) is 6.54 Å². The van der Waals surface area contributed by atoms with Gasteiger partial charge in [0.05, 0.1) is 23.6 Å². The number of likely N-dealkylation sites (N-methyl/N-ethyl adjacent to an activating group) is 1. The second kappa shape index (κ2) is 9.29. The first-order valence-electron chi connectivity index (χ1n) is 9.25. The summed E-state index contributed by atoms with van der Waals surface area (Å²) in [6, 6.07) is 13.6. The summed E-state index contributed by atoms with van der Waals surface area (Å²) in [4.78, 5) is 1.82. The Hall–Kier alpha value is -1.88. The van der Waals surface area contributed by atoms with Gasteiger partial charge in [-0.2, -0.15) is 0 Å². The van der Waals surface area contributed by atoms with E-state index in [0.717, 1.165) is 17.7 Å². The van der Waals surface area contributed by atoms with E-state index in [2.05, 4.69) is 4.72 Å². The third-order valence-electron chi connectivity index (χ3n) is 5.02. The first-order valence-corrected chi connectivity index (χ1v) is 10.7. The summed E-state index contributed by atoms with van der Waals surface area (Å²) < 4.78 is 46.2. The molecule has 1 aliphatic heterocycles. The van der Waals surface area contributed by atoms with E-state index in [-0.39, 0.29) is 18.0 Å². The lowest BCUT2D eigenvalue weighted by Gasteiger charge is -2.30. The molecule has 9 heteroatoms. The molecule has 1 saturated heterocycles. The zero-order valence-corrected chi connectivity index (χ0v) is 16.8. The SMILES string of the molecule is CN(Cc1ccccc1)[C@H]1[C@H](O)[C@H](CO)O[C@@H]1CNS(=O)(=O)c1ccc(F)cc1. The third-order valence-corrected chi connectivity index (χ3v) is 6.46. The van der Waals surface area contributed by atoms with Crippen LogP contribution < -0.4 is 4.72 Å². The Morgan fingerprint density at radius 1 is 1.10 bits per heavy atom. The number of rotatable bonds is 8. The Kier molecular flexibility index (Phi) is 6.99. The van der Waals surface area contributed by atoms with Gasteiger partial charge in [0.2, 0.25) is 10.0 Å². The standard InChI is InChI=1S/C20H25FN2O5S/c1-23(12-14-5-3-2-4-6-14)19-17(28-18(13-24)20(19)25)11-22-29(26,27)16-9-7-15(21)8-10-16/h2-10,17-20,22,24-25H,11-13H2,1H3/t17-,18+,19-,20-/m1/s1. The van der Waals surface area contributed by atoms with Gasteiger partial charge in [-0.3, -0.25) is 4.90 Å². The number of hydrogen-bond acceptors (Lipinski definition) is 6. The van der Waals surface area contributed by atoms with Crippen LogP contribution in [-0.2, 0) is 21.3 Å². The highest BCUT2D eigenvalue weighted by Crippen LogP contribution is 2.26. The third kappa shape index (κ3) is 5.19. The molecule has 4 atom stereocenters. The van der Waals surface area contributed by atoms with Gasteiger partial charge in [0.15, 0.2) is 0 Å². The minimum atomic E-state index is -3.87. The van der Waals surface area contributed by atoms with Crippen LogP contribution in [0.3, 0.4) is 0 Å². The number of aliphatic hydroxyl groups is 2. The van der Waals surface area contributed by atoms with Crippen LogP contribution in [0.5, 0.6) is 0 Å². The predicted molar refractivity (Wildman–Crippen MR) is 105 cm³/mol. The summed E-state index contributed by atoms with van der Waals surface area (Å²) in [6.45, 7) is 0.0421. The molecule has 158 valence electrons. The highest BCUT2D eigenvalue weighted by atomic mass is 32.2. The Bertz CT molecular complexity index is 895. The van der Waals surface area contributed by atoms with Crippen LogP contribution in [0.4, 0.5) is 4.39 Å². The van der Waals surface area contributed by atoms with Crippen molar-refractivity contribution in [3.8, 4) is 0 Å². The molecule has 0 aliphatic carbocycles. The molecule has 2 aromatic rings. The monoisotopic (exact) mass is 424 g/mol. The summed E-state index contributed by atoms with van der Waals surface area (Å²) in [5.74, 6) is -0.528. The van der Waals surface area contributed by atoms with Crippen molar-refractivity contribution in [1.29, 1.82) is 0 Å². The second-order valence-corrected chi connectivity index (χ2v) is 8.85. The Balaban J connectivity index is 1.72. The van der Waals surface area contributed by atoms with Gasteiger partial charge in [0, 0.05) is 13.1 Å². The van der Waals surface area contributed by atoms with Gasteiger partial charge in [0.1, 0.15) is 18.0 Å². The average molecular weight is 424 g/mol. The number of hydrogen-bond donors (Lipinski definition) is 3. The molecule has 1 aliphatic rings. The molecule has 3 N–H and O–H groups in total. The van der Waals surface area contributed by atoms with Crippen LogP contribution in [0.25, 0.3) is 0 Å². The minimum Gasteiger partial charge on any atom is -0.394 e. The average Bonchev–Trinajstić information content (AvgIpc) is 3.03. The summed E-state index contributed by atoms with van der Waals surface area (Å²) in [7, 11) is -2.06. The lowest BCUT2D eigenvalue weighted by atomic mass is 10.0. The normalized spacial score (nSPS) is 24.9. The zero-order chi connectivity index (χ0) is 21.0. The van der Waals surface area contributed by atoms with Gasteiger partial charge >= 0.3 is 0 Å². The van der Waals surface area contributed by atoms with Crippen molar-refractivity contribution in [2.75, 3.05) is 20.2 Å². The molecule has 1 heterocycles. The van der Waals surface area contributed by atoms with Crippen LogP contribution in [0, 0.1) is 5.82 Å². The maximum absolute atomic E-state index is 13.1. The van der Waals surface area contributed by atoms with Crippen LogP contribution in [0.1, 0.15) is 5.56 Å². The molecule has 0 amide bonds. The van der Waals surface area contributed by atoms with Crippen LogP contribution in [0.2, 0.25) is 0 Å². The van der Waals surface area contributed by atoms with Gasteiger partial charge in [-0.05, 0) is 36.9 Å². The Morgan fingerprint density at radius 3 is 2.38 bits per heavy atom. The number of halogens is 1. The molecule has 0 bridgehead atoms. The van der Waals surface area contributed by atoms with E-state index in [1.807, 2.05) is 42.3 Å². The van der Waals surface area contributed by atoms with E-state index >= 15 is 0 Å². The maximum atomic E-state index is 13.1. The fourth-order valence-corrected chi connectivity index (χ4v) is 4.60. The molecular formula is C20H25FN2O5S. The molecule has 0 aromatic heterocycles. The highest BCUT2D eigenvalue weighted by molar-refractivity contribution is 7.89. The van der Waals surface area contributed by atoms with Gasteiger partial charge in [-0.15, -0.1) is 0 Å². The van der Waals surface area contributed by atoms with E-state index in [4.69, 9.17) is 4.74 Å². The van der Waals surface area contributed by atoms with E-state index in [1.165, 1.54) is 12.1 Å². The van der Waals surface area contributed by atoms with Crippen molar-refractivity contribution in [3.63, 3.8) is 0 Å². The number of sulfonamides is 1. The lowest BCUT2D eigenvalue weighted by molar-refractivity contribution is -0.0201. The number of benzene rings is 2. The maximum Gasteiger partial charge on any atom is 0.240 e. The summed E-state index contributed by atoms with van der Waals surface area (Å²) in [5, 5.41) is 20.1. The predicted octanol–water partition coefficient (Wildman–Crippen LogP) is 0.725. The number of nitrogens with zero attached hydrogens (tertiary/aromatic N) is 1. The minimum absolute atomic E-state index is 0.0645. The molecule has 0 unspecified atom stereocenters.